The van der Waals surface area contributed by atoms with Crippen LogP contribution in [-0.4, -0.2) is 54.6 Å². The van der Waals surface area contributed by atoms with Gasteiger partial charge in [0.25, 0.3) is 0 Å². The van der Waals surface area contributed by atoms with Crippen molar-refractivity contribution in [2.75, 3.05) is 36.5 Å². The Bertz CT molecular complexity index is 927. The minimum absolute atomic E-state index is 0.176. The zero-order chi connectivity index (χ0) is 21.1. The summed E-state index contributed by atoms with van der Waals surface area (Å²) in [4.78, 5) is 25.0. The fourth-order valence-electron chi connectivity index (χ4n) is 3.68. The van der Waals surface area contributed by atoms with E-state index in [1.165, 1.54) is 11.1 Å². The highest BCUT2D eigenvalue weighted by atomic mass is 16.5. The van der Waals surface area contributed by atoms with Crippen LogP contribution in [0.1, 0.15) is 23.1 Å². The second-order valence-electron chi connectivity index (χ2n) is 7.64. The molecule has 0 amide bonds. The third-order valence-electron chi connectivity index (χ3n) is 5.47. The van der Waals surface area contributed by atoms with Crippen LogP contribution in [0.2, 0.25) is 0 Å². The predicted molar refractivity (Wildman–Crippen MR) is 113 cm³/mol. The van der Waals surface area contributed by atoms with E-state index in [-0.39, 0.29) is 25.0 Å². The standard InChI is InChI=1S/C21H26N6O3/c1-29-18-11-27(12-18)21-24-8-17(9-25-21)26-5-4-15-3-2-14(6-16(15)10-26)13-30-20(28)7-19(22)23/h2-3,6,8-9,18H,4-5,7,10-13H2,1H3,(H3,22,23). The molecule has 1 fully saturated rings. The molecule has 3 N–H and O–H groups in total. The quantitative estimate of drug-likeness (QED) is 0.398. The molecule has 158 valence electrons. The number of esters is 1. The van der Waals surface area contributed by atoms with E-state index in [4.69, 9.17) is 20.6 Å². The van der Waals surface area contributed by atoms with E-state index >= 15 is 0 Å². The summed E-state index contributed by atoms with van der Waals surface area (Å²) >= 11 is 0. The average molecular weight is 410 g/mol. The van der Waals surface area contributed by atoms with E-state index < -0.39 is 5.97 Å². The number of hydrogen-bond donors (Lipinski definition) is 2. The zero-order valence-corrected chi connectivity index (χ0v) is 17.0. The molecule has 30 heavy (non-hydrogen) atoms. The van der Waals surface area contributed by atoms with Crippen molar-refractivity contribution < 1.29 is 14.3 Å². The van der Waals surface area contributed by atoms with Crippen LogP contribution in [-0.2, 0) is 33.8 Å². The third kappa shape index (κ3) is 4.51. The van der Waals surface area contributed by atoms with Gasteiger partial charge in [-0.1, -0.05) is 18.2 Å². The molecule has 0 atom stereocenters. The third-order valence-corrected chi connectivity index (χ3v) is 5.47. The Morgan fingerprint density at radius 1 is 1.23 bits per heavy atom. The fraction of sp³-hybridized carbons (Fsp3) is 0.429. The molecule has 4 rings (SSSR count). The zero-order valence-electron chi connectivity index (χ0n) is 17.0. The molecule has 0 unspecified atom stereocenters. The van der Waals surface area contributed by atoms with Crippen molar-refractivity contribution in [3.63, 3.8) is 0 Å². The number of carbonyl (C=O) groups is 1. The lowest BCUT2D eigenvalue weighted by Gasteiger charge is -2.38. The summed E-state index contributed by atoms with van der Waals surface area (Å²) in [7, 11) is 1.72. The molecule has 0 saturated carbocycles. The van der Waals surface area contributed by atoms with Gasteiger partial charge >= 0.3 is 5.97 Å². The first-order valence-electron chi connectivity index (χ1n) is 9.95. The molecule has 0 spiro atoms. The van der Waals surface area contributed by atoms with Gasteiger partial charge in [0.1, 0.15) is 18.9 Å². The maximum absolute atomic E-state index is 11.6. The first-order valence-corrected chi connectivity index (χ1v) is 9.95. The van der Waals surface area contributed by atoms with Crippen molar-refractivity contribution in [1.29, 1.82) is 5.41 Å². The molecule has 0 radical (unpaired) electrons. The van der Waals surface area contributed by atoms with Gasteiger partial charge in [-0.25, -0.2) is 9.97 Å². The number of anilines is 2. The monoisotopic (exact) mass is 410 g/mol. The highest BCUT2D eigenvalue weighted by Gasteiger charge is 2.28. The summed E-state index contributed by atoms with van der Waals surface area (Å²) in [5.41, 5.74) is 9.65. The summed E-state index contributed by atoms with van der Waals surface area (Å²) in [5.74, 6) is 0.0548. The second-order valence-corrected chi connectivity index (χ2v) is 7.64. The average Bonchev–Trinajstić information content (AvgIpc) is 2.71. The van der Waals surface area contributed by atoms with Crippen molar-refractivity contribution in [2.45, 2.75) is 32.1 Å². The van der Waals surface area contributed by atoms with E-state index in [9.17, 15) is 4.79 Å². The van der Waals surface area contributed by atoms with Crippen LogP contribution in [0.3, 0.4) is 0 Å². The molecule has 3 heterocycles. The summed E-state index contributed by atoms with van der Waals surface area (Å²) in [6.07, 6.45) is 4.77. The molecule has 2 aromatic rings. The fourth-order valence-corrected chi connectivity index (χ4v) is 3.68. The number of nitrogens with two attached hydrogens (primary N) is 1. The van der Waals surface area contributed by atoms with Crippen LogP contribution in [0.4, 0.5) is 11.6 Å². The topological polar surface area (TPSA) is 118 Å². The Morgan fingerprint density at radius 3 is 2.70 bits per heavy atom. The van der Waals surface area contributed by atoms with Crippen LogP contribution < -0.4 is 15.5 Å². The number of methoxy groups -OCH3 is 1. The Kier molecular flexibility index (Phi) is 5.80. The highest BCUT2D eigenvalue weighted by molar-refractivity contribution is 5.94. The van der Waals surface area contributed by atoms with Crippen LogP contribution >= 0.6 is 0 Å². The van der Waals surface area contributed by atoms with Crippen molar-refractivity contribution in [1.82, 2.24) is 9.97 Å². The van der Waals surface area contributed by atoms with Crippen LogP contribution in [0.5, 0.6) is 0 Å². The highest BCUT2D eigenvalue weighted by Crippen LogP contribution is 2.26. The predicted octanol–water partition coefficient (Wildman–Crippen LogP) is 1.24. The molecule has 9 nitrogen and oxygen atoms in total. The lowest BCUT2D eigenvalue weighted by atomic mass is 9.97. The number of nitrogens with one attached hydrogen (secondary N) is 1. The lowest BCUT2D eigenvalue weighted by molar-refractivity contribution is -0.143. The number of aromatic nitrogens is 2. The molecule has 1 aromatic carbocycles. The number of carbonyl (C=O) groups excluding carboxylic acids is 1. The molecule has 2 aliphatic rings. The van der Waals surface area contributed by atoms with Crippen molar-refractivity contribution in [3.8, 4) is 0 Å². The molecular formula is C21H26N6O3. The number of amidine groups is 1. The van der Waals surface area contributed by atoms with Gasteiger partial charge in [0.15, 0.2) is 0 Å². The number of fused-ring (bicyclic) bond motifs is 1. The smallest absolute Gasteiger partial charge is 0.313 e. The van der Waals surface area contributed by atoms with Gasteiger partial charge in [-0.3, -0.25) is 10.2 Å². The summed E-state index contributed by atoms with van der Waals surface area (Å²) in [5, 5.41) is 7.16. The molecule has 1 saturated heterocycles. The Morgan fingerprint density at radius 2 is 2.00 bits per heavy atom. The number of rotatable bonds is 7. The van der Waals surface area contributed by atoms with Gasteiger partial charge in [0, 0.05) is 33.3 Å². The minimum Gasteiger partial charge on any atom is -0.460 e. The van der Waals surface area contributed by atoms with E-state index in [0.29, 0.717) is 0 Å². The van der Waals surface area contributed by atoms with Gasteiger partial charge in [-0.05, 0) is 23.1 Å². The molecule has 0 aliphatic carbocycles. The van der Waals surface area contributed by atoms with Gasteiger partial charge in [0.05, 0.1) is 24.2 Å². The van der Waals surface area contributed by atoms with E-state index in [1.807, 2.05) is 18.5 Å². The molecule has 0 bridgehead atoms. The molecular weight excluding hydrogens is 384 g/mol. The Balaban J connectivity index is 1.38. The largest absolute Gasteiger partial charge is 0.460 e. The SMILES string of the molecule is COC1CN(c2ncc(N3CCc4ccc(COC(=O)CC(=N)N)cc4C3)cn2)C1. The van der Waals surface area contributed by atoms with E-state index in [1.54, 1.807) is 7.11 Å². The Hall–Kier alpha value is -3.20. The number of nitrogens with zero attached hydrogens (tertiary/aromatic N) is 4. The van der Waals surface area contributed by atoms with Crippen LogP contribution in [0, 0.1) is 5.41 Å². The van der Waals surface area contributed by atoms with E-state index in [2.05, 4.69) is 31.9 Å². The van der Waals surface area contributed by atoms with Crippen molar-refractivity contribution >= 4 is 23.4 Å². The van der Waals surface area contributed by atoms with Gasteiger partial charge in [-0.2, -0.15) is 0 Å². The number of hydrogen-bond acceptors (Lipinski definition) is 8. The summed E-state index contributed by atoms with van der Waals surface area (Å²) in [6, 6.07) is 6.15. The van der Waals surface area contributed by atoms with E-state index in [0.717, 1.165) is 49.8 Å². The second kappa shape index (κ2) is 8.66. The Labute approximate surface area is 175 Å². The van der Waals surface area contributed by atoms with Crippen molar-refractivity contribution in [2.24, 2.45) is 5.73 Å². The summed E-state index contributed by atoms with van der Waals surface area (Å²) < 4.78 is 10.5. The first-order chi connectivity index (χ1) is 14.5. The van der Waals surface area contributed by atoms with Gasteiger partial charge in [0.2, 0.25) is 5.95 Å². The molecule has 1 aromatic heterocycles. The molecule has 9 heteroatoms. The van der Waals surface area contributed by atoms with Crippen LogP contribution in [0.25, 0.3) is 0 Å². The first kappa shape index (κ1) is 20.1. The maximum Gasteiger partial charge on any atom is 0.313 e. The normalized spacial score (nSPS) is 16.0. The number of benzene rings is 1. The maximum atomic E-state index is 11.6. The van der Waals surface area contributed by atoms with Gasteiger partial charge in [-0.15, -0.1) is 0 Å². The minimum atomic E-state index is -0.488. The number of ether oxygens (including phenoxy) is 2. The van der Waals surface area contributed by atoms with Crippen molar-refractivity contribution in [3.05, 3.63) is 47.3 Å². The lowest BCUT2D eigenvalue weighted by Crippen LogP contribution is -2.52. The summed E-state index contributed by atoms with van der Waals surface area (Å²) in [6.45, 7) is 3.48. The van der Waals surface area contributed by atoms with Crippen LogP contribution in [0.15, 0.2) is 30.6 Å². The van der Waals surface area contributed by atoms with Gasteiger partial charge < -0.3 is 25.0 Å². The molecule has 2 aliphatic heterocycles.